The average Bonchev–Trinajstić information content (AvgIpc) is 2.82. The Balaban J connectivity index is 2.32. The summed E-state index contributed by atoms with van der Waals surface area (Å²) in [6.07, 6.45) is 4.36. The van der Waals surface area contributed by atoms with Crippen LogP contribution in [0, 0.1) is 0 Å². The monoisotopic (exact) mass is 233 g/mol. The lowest BCUT2D eigenvalue weighted by Crippen LogP contribution is -2.10. The minimum Gasteiger partial charge on any atom is -0.472 e. The lowest BCUT2D eigenvalue weighted by atomic mass is 10.2. The molecule has 0 aliphatic heterocycles. The Kier molecular flexibility index (Phi) is 3.04. The minimum absolute atomic E-state index is 0.0923. The first-order valence-electron chi connectivity index (χ1n) is 5.04. The third kappa shape index (κ3) is 2.25. The van der Waals surface area contributed by atoms with Crippen LogP contribution in [0.1, 0.15) is 17.3 Å². The van der Waals surface area contributed by atoms with Crippen LogP contribution in [0.25, 0.3) is 11.4 Å². The summed E-state index contributed by atoms with van der Waals surface area (Å²) in [5, 5.41) is 0. The van der Waals surface area contributed by atoms with E-state index < -0.39 is 5.97 Å². The van der Waals surface area contributed by atoms with Gasteiger partial charge >= 0.3 is 5.97 Å². The van der Waals surface area contributed by atoms with E-state index in [9.17, 15) is 4.79 Å². The molecule has 0 aromatic carbocycles. The van der Waals surface area contributed by atoms with Gasteiger partial charge in [-0.1, -0.05) is 0 Å². The number of furan rings is 1. The van der Waals surface area contributed by atoms with Crippen LogP contribution < -0.4 is 5.73 Å². The van der Waals surface area contributed by atoms with E-state index in [0.717, 1.165) is 0 Å². The van der Waals surface area contributed by atoms with Gasteiger partial charge in [-0.15, -0.1) is 0 Å². The van der Waals surface area contributed by atoms with Crippen LogP contribution in [0.4, 0.5) is 5.82 Å². The number of anilines is 1. The quantitative estimate of drug-likeness (QED) is 0.807. The van der Waals surface area contributed by atoms with Gasteiger partial charge in [0.1, 0.15) is 17.6 Å². The molecule has 0 saturated carbocycles. The van der Waals surface area contributed by atoms with Crippen molar-refractivity contribution in [1.82, 2.24) is 9.97 Å². The lowest BCUT2D eigenvalue weighted by Gasteiger charge is -2.04. The topological polar surface area (TPSA) is 91.2 Å². The van der Waals surface area contributed by atoms with E-state index in [2.05, 4.69) is 9.97 Å². The zero-order valence-electron chi connectivity index (χ0n) is 9.21. The zero-order chi connectivity index (χ0) is 12.3. The van der Waals surface area contributed by atoms with Gasteiger partial charge in [-0.3, -0.25) is 0 Å². The van der Waals surface area contributed by atoms with Crippen LogP contribution >= 0.6 is 0 Å². The summed E-state index contributed by atoms with van der Waals surface area (Å²) in [6, 6.07) is 1.71. The van der Waals surface area contributed by atoms with Crippen molar-refractivity contribution in [1.29, 1.82) is 0 Å². The van der Waals surface area contributed by atoms with Gasteiger partial charge in [0, 0.05) is 6.20 Å². The molecule has 0 saturated heterocycles. The van der Waals surface area contributed by atoms with Crippen LogP contribution in [-0.4, -0.2) is 22.5 Å². The number of nitrogens with zero attached hydrogens (tertiary/aromatic N) is 2. The minimum atomic E-state index is -0.524. The smallest absolute Gasteiger partial charge is 0.343 e. The Morgan fingerprint density at radius 2 is 2.41 bits per heavy atom. The molecule has 0 atom stereocenters. The van der Waals surface area contributed by atoms with Crippen molar-refractivity contribution in [2.75, 3.05) is 12.3 Å². The van der Waals surface area contributed by atoms with Crippen LogP contribution in [0.2, 0.25) is 0 Å². The van der Waals surface area contributed by atoms with Gasteiger partial charge in [0.25, 0.3) is 0 Å². The SMILES string of the molecule is CCOC(=O)c1cnc(-c2ccoc2)nc1N. The van der Waals surface area contributed by atoms with Gasteiger partial charge in [0.2, 0.25) is 0 Å². The van der Waals surface area contributed by atoms with E-state index in [1.165, 1.54) is 18.7 Å². The van der Waals surface area contributed by atoms with E-state index in [-0.39, 0.29) is 18.0 Å². The van der Waals surface area contributed by atoms with Crippen LogP contribution in [-0.2, 0) is 4.74 Å². The average molecular weight is 233 g/mol. The summed E-state index contributed by atoms with van der Waals surface area (Å²) in [5.41, 5.74) is 6.54. The van der Waals surface area contributed by atoms with Crippen LogP contribution in [0.5, 0.6) is 0 Å². The van der Waals surface area contributed by atoms with Crippen LogP contribution in [0.15, 0.2) is 29.2 Å². The van der Waals surface area contributed by atoms with Crippen molar-refractivity contribution < 1.29 is 13.9 Å². The van der Waals surface area contributed by atoms with E-state index in [4.69, 9.17) is 14.9 Å². The summed E-state index contributed by atoms with van der Waals surface area (Å²) in [4.78, 5) is 19.5. The molecule has 0 radical (unpaired) electrons. The number of hydrogen-bond acceptors (Lipinski definition) is 6. The first-order chi connectivity index (χ1) is 8.22. The lowest BCUT2D eigenvalue weighted by molar-refractivity contribution is 0.0527. The first-order valence-corrected chi connectivity index (χ1v) is 5.04. The highest BCUT2D eigenvalue weighted by Gasteiger charge is 2.14. The number of nitrogen functional groups attached to an aromatic ring is 1. The van der Waals surface area contributed by atoms with Gasteiger partial charge in [0.15, 0.2) is 5.82 Å². The number of hydrogen-bond donors (Lipinski definition) is 1. The number of aromatic nitrogens is 2. The molecule has 2 heterocycles. The number of esters is 1. The van der Waals surface area contributed by atoms with Crippen molar-refractivity contribution in [3.63, 3.8) is 0 Å². The summed E-state index contributed by atoms with van der Waals surface area (Å²) in [7, 11) is 0. The Morgan fingerprint density at radius 1 is 1.59 bits per heavy atom. The highest BCUT2D eigenvalue weighted by molar-refractivity contribution is 5.94. The molecular weight excluding hydrogens is 222 g/mol. The second-order valence-electron chi connectivity index (χ2n) is 3.23. The van der Waals surface area contributed by atoms with Gasteiger partial charge in [-0.05, 0) is 13.0 Å². The molecule has 0 aliphatic carbocycles. The first kappa shape index (κ1) is 11.1. The normalized spacial score (nSPS) is 10.2. The van der Waals surface area contributed by atoms with Crippen molar-refractivity contribution in [2.24, 2.45) is 0 Å². The van der Waals surface area contributed by atoms with Gasteiger partial charge in [0.05, 0.1) is 18.4 Å². The molecule has 6 nitrogen and oxygen atoms in total. The van der Waals surface area contributed by atoms with Gasteiger partial charge in [-0.25, -0.2) is 14.8 Å². The molecule has 2 aromatic rings. The largest absolute Gasteiger partial charge is 0.472 e. The fourth-order valence-corrected chi connectivity index (χ4v) is 1.29. The van der Waals surface area contributed by atoms with E-state index >= 15 is 0 Å². The summed E-state index contributed by atoms with van der Waals surface area (Å²) in [6.45, 7) is 2.00. The predicted octanol–water partition coefficient (Wildman–Crippen LogP) is 1.50. The molecule has 0 bridgehead atoms. The van der Waals surface area contributed by atoms with Gasteiger partial charge in [-0.2, -0.15) is 0 Å². The Labute approximate surface area is 97.4 Å². The number of ether oxygens (including phenoxy) is 1. The zero-order valence-corrected chi connectivity index (χ0v) is 9.21. The van der Waals surface area contributed by atoms with E-state index in [0.29, 0.717) is 11.4 Å². The fourth-order valence-electron chi connectivity index (χ4n) is 1.29. The molecule has 0 amide bonds. The molecule has 0 aliphatic rings. The molecular formula is C11H11N3O3. The Hall–Kier alpha value is -2.37. The maximum atomic E-state index is 11.5. The molecule has 0 spiro atoms. The van der Waals surface area contributed by atoms with Crippen molar-refractivity contribution in [3.8, 4) is 11.4 Å². The third-order valence-corrected chi connectivity index (χ3v) is 2.09. The number of nitrogens with two attached hydrogens (primary N) is 1. The molecule has 6 heteroatoms. The highest BCUT2D eigenvalue weighted by atomic mass is 16.5. The molecule has 2 rings (SSSR count). The van der Waals surface area contributed by atoms with E-state index in [1.807, 2.05) is 0 Å². The summed E-state index contributed by atoms with van der Waals surface area (Å²) >= 11 is 0. The molecule has 0 fully saturated rings. The van der Waals surface area contributed by atoms with Crippen LogP contribution in [0.3, 0.4) is 0 Å². The maximum Gasteiger partial charge on any atom is 0.343 e. The summed E-state index contributed by atoms with van der Waals surface area (Å²) < 4.78 is 9.73. The molecule has 88 valence electrons. The molecule has 0 unspecified atom stereocenters. The fraction of sp³-hybridized carbons (Fsp3) is 0.182. The Bertz CT molecular complexity index is 523. The predicted molar refractivity (Wildman–Crippen MR) is 60.1 cm³/mol. The molecule has 17 heavy (non-hydrogen) atoms. The number of carbonyl (C=O) groups is 1. The standard InChI is InChI=1S/C11H11N3O3/c1-2-17-11(15)8-5-13-10(14-9(8)12)7-3-4-16-6-7/h3-6H,2H2,1H3,(H2,12,13,14). The maximum absolute atomic E-state index is 11.5. The highest BCUT2D eigenvalue weighted by Crippen LogP contribution is 2.18. The molecule has 2 N–H and O–H groups in total. The van der Waals surface area contributed by atoms with Crippen molar-refractivity contribution in [2.45, 2.75) is 6.92 Å². The van der Waals surface area contributed by atoms with Crippen molar-refractivity contribution >= 4 is 11.8 Å². The number of rotatable bonds is 3. The third-order valence-electron chi connectivity index (χ3n) is 2.09. The Morgan fingerprint density at radius 3 is 3.00 bits per heavy atom. The molecule has 2 aromatic heterocycles. The van der Waals surface area contributed by atoms with Gasteiger partial charge < -0.3 is 14.9 Å². The summed E-state index contributed by atoms with van der Waals surface area (Å²) in [5.74, 6) is -0.0253. The van der Waals surface area contributed by atoms with Crippen molar-refractivity contribution in [3.05, 3.63) is 30.4 Å². The van der Waals surface area contributed by atoms with E-state index in [1.54, 1.807) is 13.0 Å². The number of carbonyl (C=O) groups excluding carboxylic acids is 1. The second kappa shape index (κ2) is 4.65. The second-order valence-corrected chi connectivity index (χ2v) is 3.23.